The standard InChI is InChI=1S/C17H18N6OS2/c1-4-10-23-14(13-8-6-5-7-9-13)20-22-17(23)25-11(2)15(24)18-16-21-19-12(3)26-16/h4-9,11H,1,10H2,2-3H3,(H,18,21,24)/t11-/m0/s1. The van der Waals surface area contributed by atoms with Gasteiger partial charge in [0.25, 0.3) is 0 Å². The van der Waals surface area contributed by atoms with Crippen LogP contribution in [0.2, 0.25) is 0 Å². The van der Waals surface area contributed by atoms with Crippen molar-refractivity contribution in [2.75, 3.05) is 5.32 Å². The lowest BCUT2D eigenvalue weighted by Crippen LogP contribution is -2.22. The molecule has 0 spiro atoms. The van der Waals surface area contributed by atoms with Crippen LogP contribution in [0.25, 0.3) is 11.4 Å². The molecule has 0 bridgehead atoms. The van der Waals surface area contributed by atoms with Gasteiger partial charge in [0.2, 0.25) is 11.0 Å². The summed E-state index contributed by atoms with van der Waals surface area (Å²) in [6, 6.07) is 9.82. The normalized spacial score (nSPS) is 11.9. The predicted octanol–water partition coefficient (Wildman–Crippen LogP) is 3.41. The second kappa shape index (κ2) is 8.24. The molecule has 1 aromatic carbocycles. The molecule has 3 rings (SSSR count). The van der Waals surface area contributed by atoms with E-state index in [1.165, 1.54) is 23.1 Å². The summed E-state index contributed by atoms with van der Waals surface area (Å²) in [5.74, 6) is 0.598. The van der Waals surface area contributed by atoms with Crippen molar-refractivity contribution in [2.45, 2.75) is 30.8 Å². The molecule has 134 valence electrons. The number of nitrogens with one attached hydrogen (secondary N) is 1. The van der Waals surface area contributed by atoms with Crippen LogP contribution in [-0.2, 0) is 11.3 Å². The summed E-state index contributed by atoms with van der Waals surface area (Å²) in [5.41, 5.74) is 0.968. The minimum absolute atomic E-state index is 0.152. The number of aryl methyl sites for hydroxylation is 1. The molecule has 1 amide bonds. The molecule has 3 aromatic rings. The average Bonchev–Trinajstić information content (AvgIpc) is 3.22. The molecule has 2 heterocycles. The Balaban J connectivity index is 1.77. The summed E-state index contributed by atoms with van der Waals surface area (Å²) < 4.78 is 1.95. The quantitative estimate of drug-likeness (QED) is 0.495. The topological polar surface area (TPSA) is 85.6 Å². The maximum Gasteiger partial charge on any atom is 0.239 e. The Bertz CT molecular complexity index is 905. The summed E-state index contributed by atoms with van der Waals surface area (Å²) in [6.07, 6.45) is 1.79. The van der Waals surface area contributed by atoms with Crippen molar-refractivity contribution in [3.63, 3.8) is 0 Å². The predicted molar refractivity (Wildman–Crippen MR) is 104 cm³/mol. The molecule has 0 unspecified atom stereocenters. The zero-order chi connectivity index (χ0) is 18.5. The highest BCUT2D eigenvalue weighted by molar-refractivity contribution is 8.00. The van der Waals surface area contributed by atoms with Gasteiger partial charge < -0.3 is 0 Å². The van der Waals surface area contributed by atoms with Crippen LogP contribution in [0.4, 0.5) is 5.13 Å². The van der Waals surface area contributed by atoms with Crippen LogP contribution >= 0.6 is 23.1 Å². The molecule has 0 aliphatic rings. The molecule has 0 aliphatic heterocycles. The van der Waals surface area contributed by atoms with Gasteiger partial charge in [-0.1, -0.05) is 59.5 Å². The number of anilines is 1. The van der Waals surface area contributed by atoms with E-state index < -0.39 is 0 Å². The molecule has 0 aliphatic carbocycles. The highest BCUT2D eigenvalue weighted by Crippen LogP contribution is 2.27. The fourth-order valence-corrected chi connectivity index (χ4v) is 3.69. The van der Waals surface area contributed by atoms with E-state index in [1.807, 2.05) is 48.7 Å². The van der Waals surface area contributed by atoms with Crippen molar-refractivity contribution < 1.29 is 4.79 Å². The van der Waals surface area contributed by atoms with E-state index in [-0.39, 0.29) is 11.2 Å². The minimum atomic E-state index is -0.365. The van der Waals surface area contributed by atoms with Gasteiger partial charge in [-0.05, 0) is 13.8 Å². The number of allylic oxidation sites excluding steroid dienone is 1. The Hall–Kier alpha value is -2.52. The number of amides is 1. The SMILES string of the molecule is C=CCn1c(S[C@@H](C)C(=O)Nc2nnc(C)s2)nnc1-c1ccccc1. The Morgan fingerprint density at radius 3 is 2.73 bits per heavy atom. The molecule has 0 saturated carbocycles. The van der Waals surface area contributed by atoms with Crippen LogP contribution < -0.4 is 5.32 Å². The molecule has 0 radical (unpaired) electrons. The Kier molecular flexibility index (Phi) is 5.79. The first kappa shape index (κ1) is 18.3. The van der Waals surface area contributed by atoms with Crippen LogP contribution in [0.3, 0.4) is 0 Å². The Morgan fingerprint density at radius 1 is 1.31 bits per heavy atom. The molecular weight excluding hydrogens is 368 g/mol. The van der Waals surface area contributed by atoms with Crippen LogP contribution in [0, 0.1) is 6.92 Å². The molecule has 1 atom stereocenters. The molecule has 0 fully saturated rings. The summed E-state index contributed by atoms with van der Waals surface area (Å²) in [4.78, 5) is 12.4. The van der Waals surface area contributed by atoms with Crippen molar-refractivity contribution in [1.82, 2.24) is 25.0 Å². The first-order valence-corrected chi connectivity index (χ1v) is 9.65. The second-order valence-electron chi connectivity index (χ2n) is 5.45. The van der Waals surface area contributed by atoms with Gasteiger partial charge >= 0.3 is 0 Å². The fraction of sp³-hybridized carbons (Fsp3) is 0.235. The monoisotopic (exact) mass is 386 g/mol. The van der Waals surface area contributed by atoms with Gasteiger partial charge in [-0.3, -0.25) is 14.7 Å². The zero-order valence-electron chi connectivity index (χ0n) is 14.4. The van der Waals surface area contributed by atoms with Crippen molar-refractivity contribution in [2.24, 2.45) is 0 Å². The minimum Gasteiger partial charge on any atom is -0.300 e. The first-order valence-electron chi connectivity index (χ1n) is 7.95. The summed E-state index contributed by atoms with van der Waals surface area (Å²) >= 11 is 2.69. The number of hydrogen-bond donors (Lipinski definition) is 1. The van der Waals surface area contributed by atoms with E-state index in [0.717, 1.165) is 16.4 Å². The highest BCUT2D eigenvalue weighted by atomic mass is 32.2. The molecule has 2 aromatic heterocycles. The lowest BCUT2D eigenvalue weighted by atomic mass is 10.2. The van der Waals surface area contributed by atoms with E-state index in [9.17, 15) is 4.79 Å². The van der Waals surface area contributed by atoms with Crippen molar-refractivity contribution >= 4 is 34.1 Å². The second-order valence-corrected chi connectivity index (χ2v) is 7.94. The summed E-state index contributed by atoms with van der Waals surface area (Å²) in [7, 11) is 0. The van der Waals surface area contributed by atoms with E-state index in [2.05, 4.69) is 32.3 Å². The Morgan fingerprint density at radius 2 is 2.08 bits per heavy atom. The number of thioether (sulfide) groups is 1. The smallest absolute Gasteiger partial charge is 0.239 e. The van der Waals surface area contributed by atoms with E-state index in [0.29, 0.717) is 16.8 Å². The number of carbonyl (C=O) groups is 1. The number of rotatable bonds is 7. The maximum atomic E-state index is 12.4. The van der Waals surface area contributed by atoms with Crippen LogP contribution in [-0.4, -0.2) is 36.1 Å². The fourth-order valence-electron chi connectivity index (χ4n) is 2.24. The number of hydrogen-bond acceptors (Lipinski definition) is 7. The van der Waals surface area contributed by atoms with E-state index in [4.69, 9.17) is 0 Å². The lowest BCUT2D eigenvalue weighted by Gasteiger charge is -2.11. The highest BCUT2D eigenvalue weighted by Gasteiger charge is 2.21. The zero-order valence-corrected chi connectivity index (χ0v) is 16.0. The molecular formula is C17H18N6OS2. The van der Waals surface area contributed by atoms with Gasteiger partial charge in [0, 0.05) is 12.1 Å². The number of carbonyl (C=O) groups excluding carboxylic acids is 1. The van der Waals surface area contributed by atoms with Crippen LogP contribution in [0.5, 0.6) is 0 Å². The van der Waals surface area contributed by atoms with Gasteiger partial charge in [-0.15, -0.1) is 27.0 Å². The van der Waals surface area contributed by atoms with Crippen molar-refractivity contribution in [1.29, 1.82) is 0 Å². The van der Waals surface area contributed by atoms with E-state index >= 15 is 0 Å². The van der Waals surface area contributed by atoms with Gasteiger partial charge in [0.05, 0.1) is 5.25 Å². The van der Waals surface area contributed by atoms with Gasteiger partial charge in [-0.2, -0.15) is 0 Å². The largest absolute Gasteiger partial charge is 0.300 e. The Labute approximate surface area is 159 Å². The van der Waals surface area contributed by atoms with Crippen molar-refractivity contribution in [3.05, 3.63) is 48.0 Å². The molecule has 7 nitrogen and oxygen atoms in total. The number of nitrogens with zero attached hydrogens (tertiary/aromatic N) is 5. The third-order valence-electron chi connectivity index (χ3n) is 3.47. The van der Waals surface area contributed by atoms with E-state index in [1.54, 1.807) is 6.08 Å². The molecule has 0 saturated heterocycles. The number of aromatic nitrogens is 5. The number of benzene rings is 1. The average molecular weight is 387 g/mol. The third kappa shape index (κ3) is 4.17. The first-order chi connectivity index (χ1) is 12.6. The lowest BCUT2D eigenvalue weighted by molar-refractivity contribution is -0.115. The molecule has 9 heteroatoms. The maximum absolute atomic E-state index is 12.4. The van der Waals surface area contributed by atoms with Gasteiger partial charge in [-0.25, -0.2) is 0 Å². The van der Waals surface area contributed by atoms with Crippen molar-refractivity contribution in [3.8, 4) is 11.4 Å². The van der Waals surface area contributed by atoms with Crippen LogP contribution in [0.1, 0.15) is 11.9 Å². The van der Waals surface area contributed by atoms with Crippen LogP contribution in [0.15, 0.2) is 48.1 Å². The summed E-state index contributed by atoms with van der Waals surface area (Å²) in [6.45, 7) is 8.03. The van der Waals surface area contributed by atoms with Gasteiger partial charge in [0.1, 0.15) is 5.01 Å². The molecule has 1 N–H and O–H groups in total. The van der Waals surface area contributed by atoms with Gasteiger partial charge in [0.15, 0.2) is 11.0 Å². The summed E-state index contributed by atoms with van der Waals surface area (Å²) in [5, 5.41) is 20.8. The third-order valence-corrected chi connectivity index (χ3v) is 5.30. The molecule has 26 heavy (non-hydrogen) atoms.